The van der Waals surface area contributed by atoms with Crippen molar-refractivity contribution >= 4 is 23.2 Å². The maximum atomic E-state index is 9.10. The van der Waals surface area contributed by atoms with E-state index in [0.717, 1.165) is 0 Å². The van der Waals surface area contributed by atoms with Crippen LogP contribution in [0.2, 0.25) is 5.02 Å². The van der Waals surface area contributed by atoms with Crippen LogP contribution >= 0.6 is 23.2 Å². The summed E-state index contributed by atoms with van der Waals surface area (Å²) < 4.78 is 5.22. The molecule has 1 atom stereocenters. The van der Waals surface area contributed by atoms with Gasteiger partial charge in [-0.25, -0.2) is 0 Å². The predicted octanol–water partition coefficient (Wildman–Crippen LogP) is 2.32. The van der Waals surface area contributed by atoms with Crippen molar-refractivity contribution in [1.29, 1.82) is 0 Å². The summed E-state index contributed by atoms with van der Waals surface area (Å²) in [6.45, 7) is 0.184. The van der Waals surface area contributed by atoms with Crippen molar-refractivity contribution in [2.75, 3.05) is 12.5 Å². The molecule has 0 spiro atoms. The third-order valence-electron chi connectivity index (χ3n) is 1.42. The monoisotopic (exact) mass is 220 g/mol. The average Bonchev–Trinajstić information content (AvgIpc) is 2.14. The van der Waals surface area contributed by atoms with Gasteiger partial charge < -0.3 is 9.84 Å². The van der Waals surface area contributed by atoms with Gasteiger partial charge in [0.05, 0.1) is 5.88 Å². The fourth-order valence-corrected chi connectivity index (χ4v) is 1.06. The zero-order valence-electron chi connectivity index (χ0n) is 6.91. The Labute approximate surface area is 87.0 Å². The molecule has 0 aliphatic carbocycles. The maximum absolute atomic E-state index is 9.10. The van der Waals surface area contributed by atoms with E-state index in [4.69, 9.17) is 33.0 Å². The molecule has 0 radical (unpaired) electrons. The largest absolute Gasteiger partial charge is 0.491 e. The van der Waals surface area contributed by atoms with E-state index in [2.05, 4.69) is 0 Å². The summed E-state index contributed by atoms with van der Waals surface area (Å²) in [5, 5.41) is 9.71. The van der Waals surface area contributed by atoms with E-state index in [1.807, 2.05) is 0 Å². The van der Waals surface area contributed by atoms with Crippen molar-refractivity contribution in [2.24, 2.45) is 0 Å². The second kappa shape index (κ2) is 5.32. The average molecular weight is 221 g/mol. The zero-order chi connectivity index (χ0) is 9.68. The van der Waals surface area contributed by atoms with Crippen LogP contribution in [0.25, 0.3) is 0 Å². The molecule has 1 N–H and O–H groups in total. The van der Waals surface area contributed by atoms with Crippen LogP contribution < -0.4 is 4.74 Å². The normalized spacial score (nSPS) is 12.5. The Morgan fingerprint density at radius 2 is 2.23 bits per heavy atom. The summed E-state index contributed by atoms with van der Waals surface area (Å²) in [6.07, 6.45) is -0.638. The van der Waals surface area contributed by atoms with Gasteiger partial charge in [0.25, 0.3) is 0 Å². The van der Waals surface area contributed by atoms with Gasteiger partial charge in [-0.3, -0.25) is 0 Å². The summed E-state index contributed by atoms with van der Waals surface area (Å²) in [4.78, 5) is 0. The van der Waals surface area contributed by atoms with E-state index in [1.165, 1.54) is 0 Å². The topological polar surface area (TPSA) is 29.5 Å². The highest BCUT2D eigenvalue weighted by atomic mass is 35.5. The Balaban J connectivity index is 2.45. The van der Waals surface area contributed by atoms with Crippen molar-refractivity contribution in [3.63, 3.8) is 0 Å². The van der Waals surface area contributed by atoms with Crippen LogP contribution in [-0.2, 0) is 0 Å². The third-order valence-corrected chi connectivity index (χ3v) is 2.01. The van der Waals surface area contributed by atoms with Crippen molar-refractivity contribution in [3.8, 4) is 5.75 Å². The van der Waals surface area contributed by atoms with Gasteiger partial charge in [-0.1, -0.05) is 17.7 Å². The minimum atomic E-state index is -0.638. The number of rotatable bonds is 4. The summed E-state index contributed by atoms with van der Waals surface area (Å²) in [5.74, 6) is 0.803. The van der Waals surface area contributed by atoms with Crippen LogP contribution in [0.5, 0.6) is 5.75 Å². The lowest BCUT2D eigenvalue weighted by atomic mass is 10.3. The van der Waals surface area contributed by atoms with Gasteiger partial charge in [0.15, 0.2) is 0 Å². The lowest BCUT2D eigenvalue weighted by Crippen LogP contribution is -2.18. The van der Waals surface area contributed by atoms with Crippen molar-refractivity contribution in [1.82, 2.24) is 0 Å². The van der Waals surface area contributed by atoms with Crippen LogP contribution in [0.15, 0.2) is 24.3 Å². The summed E-state index contributed by atoms with van der Waals surface area (Å²) in [7, 11) is 0. The molecule has 1 rings (SSSR count). The number of ether oxygens (including phenoxy) is 1. The fourth-order valence-electron chi connectivity index (χ4n) is 0.794. The van der Waals surface area contributed by atoms with E-state index in [9.17, 15) is 0 Å². The SMILES string of the molecule is OC(CCl)COc1cccc(Cl)c1. The Bertz CT molecular complexity index is 266. The van der Waals surface area contributed by atoms with Crippen molar-refractivity contribution < 1.29 is 9.84 Å². The molecule has 72 valence electrons. The molecule has 0 saturated carbocycles. The van der Waals surface area contributed by atoms with Crippen LogP contribution in [0.1, 0.15) is 0 Å². The van der Waals surface area contributed by atoms with E-state index >= 15 is 0 Å². The van der Waals surface area contributed by atoms with Crippen LogP contribution in [0, 0.1) is 0 Å². The van der Waals surface area contributed by atoms with Crippen LogP contribution in [0.3, 0.4) is 0 Å². The second-order valence-corrected chi connectivity index (χ2v) is 3.32. The number of halogens is 2. The molecule has 1 unspecified atom stereocenters. The Kier molecular flexibility index (Phi) is 4.36. The van der Waals surface area contributed by atoms with Gasteiger partial charge in [-0.15, -0.1) is 11.6 Å². The first kappa shape index (κ1) is 10.6. The maximum Gasteiger partial charge on any atom is 0.120 e. The summed E-state index contributed by atoms with van der Waals surface area (Å²) in [6, 6.07) is 6.99. The molecule has 0 heterocycles. The van der Waals surface area contributed by atoms with E-state index < -0.39 is 6.10 Å². The van der Waals surface area contributed by atoms with E-state index in [0.29, 0.717) is 10.8 Å². The molecule has 2 nitrogen and oxygen atoms in total. The first-order valence-electron chi connectivity index (χ1n) is 3.85. The summed E-state index contributed by atoms with van der Waals surface area (Å²) >= 11 is 11.1. The van der Waals surface area contributed by atoms with Gasteiger partial charge in [0.2, 0.25) is 0 Å². The molecule has 0 aliphatic heterocycles. The van der Waals surface area contributed by atoms with Gasteiger partial charge in [-0.05, 0) is 18.2 Å². The minimum Gasteiger partial charge on any atom is -0.491 e. The first-order valence-corrected chi connectivity index (χ1v) is 4.76. The Morgan fingerprint density at radius 1 is 1.46 bits per heavy atom. The first-order chi connectivity index (χ1) is 6.22. The predicted molar refractivity (Wildman–Crippen MR) is 53.7 cm³/mol. The second-order valence-electron chi connectivity index (χ2n) is 2.58. The Hall–Kier alpha value is -0.440. The molecule has 0 amide bonds. The third kappa shape index (κ3) is 3.85. The lowest BCUT2D eigenvalue weighted by molar-refractivity contribution is 0.125. The molecular formula is C9H10Cl2O2. The smallest absolute Gasteiger partial charge is 0.120 e. The molecule has 0 fully saturated rings. The fraction of sp³-hybridized carbons (Fsp3) is 0.333. The Morgan fingerprint density at radius 3 is 2.85 bits per heavy atom. The number of alkyl halides is 1. The van der Waals surface area contributed by atoms with E-state index in [-0.39, 0.29) is 12.5 Å². The number of aliphatic hydroxyl groups is 1. The van der Waals surface area contributed by atoms with Gasteiger partial charge >= 0.3 is 0 Å². The van der Waals surface area contributed by atoms with Gasteiger partial charge in [0.1, 0.15) is 18.5 Å². The van der Waals surface area contributed by atoms with Crippen LogP contribution in [-0.4, -0.2) is 23.7 Å². The van der Waals surface area contributed by atoms with Crippen LogP contribution in [0.4, 0.5) is 0 Å². The highest BCUT2D eigenvalue weighted by molar-refractivity contribution is 6.30. The molecule has 1 aromatic carbocycles. The molecule has 4 heteroatoms. The molecule has 0 saturated heterocycles. The molecule has 1 aromatic rings. The van der Waals surface area contributed by atoms with Gasteiger partial charge in [0, 0.05) is 5.02 Å². The summed E-state index contributed by atoms with van der Waals surface area (Å²) in [5.41, 5.74) is 0. The number of aliphatic hydroxyl groups excluding tert-OH is 1. The lowest BCUT2D eigenvalue weighted by Gasteiger charge is -2.09. The number of hydrogen-bond acceptors (Lipinski definition) is 2. The standard InChI is InChI=1S/C9H10Cl2O2/c10-5-8(12)6-13-9-3-1-2-7(11)4-9/h1-4,8,12H,5-6H2. The van der Waals surface area contributed by atoms with E-state index in [1.54, 1.807) is 24.3 Å². The molecule has 0 aromatic heterocycles. The number of hydrogen-bond donors (Lipinski definition) is 1. The van der Waals surface area contributed by atoms with Crippen molar-refractivity contribution in [3.05, 3.63) is 29.3 Å². The number of benzene rings is 1. The highest BCUT2D eigenvalue weighted by Gasteiger charge is 2.02. The minimum absolute atomic E-state index is 0.167. The highest BCUT2D eigenvalue weighted by Crippen LogP contribution is 2.17. The van der Waals surface area contributed by atoms with Gasteiger partial charge in [-0.2, -0.15) is 0 Å². The molecular weight excluding hydrogens is 211 g/mol. The van der Waals surface area contributed by atoms with Crippen molar-refractivity contribution in [2.45, 2.75) is 6.10 Å². The molecule has 13 heavy (non-hydrogen) atoms. The zero-order valence-corrected chi connectivity index (χ0v) is 8.42. The molecule has 0 bridgehead atoms. The molecule has 0 aliphatic rings. The quantitative estimate of drug-likeness (QED) is 0.790.